The number of nitro groups is 2. The molecule has 0 atom stereocenters. The lowest BCUT2D eigenvalue weighted by Crippen LogP contribution is -2.06. The number of hydrogen-bond donors (Lipinski definition) is 0. The largest absolute Gasteiger partial charge is 0.465 e. The minimum Gasteiger partial charge on any atom is -0.465 e. The Hall–Kier alpha value is -5.90. The lowest BCUT2D eigenvalue weighted by atomic mass is 9.83. The van der Waals surface area contributed by atoms with Crippen LogP contribution in [-0.4, -0.2) is 36.0 Å². The summed E-state index contributed by atoms with van der Waals surface area (Å²) in [4.78, 5) is 48.3. The van der Waals surface area contributed by atoms with E-state index in [1.54, 1.807) is 48.5 Å². The molecule has 6 rings (SSSR count). The van der Waals surface area contributed by atoms with E-state index in [1.165, 1.54) is 38.5 Å². The molecule has 0 bridgehead atoms. The van der Waals surface area contributed by atoms with E-state index in [4.69, 9.17) is 9.47 Å². The van der Waals surface area contributed by atoms with E-state index in [1.807, 2.05) is 12.1 Å². The molecular weight excluding hydrogens is 540 g/mol. The number of non-ortho nitro benzene ring substituents is 2. The normalized spacial score (nSPS) is 11.2. The quantitative estimate of drug-likeness (QED) is 0.0894. The predicted octanol–water partition coefficient (Wildman–Crippen LogP) is 7.31. The molecule has 6 aromatic rings. The van der Waals surface area contributed by atoms with Gasteiger partial charge in [-0.1, -0.05) is 48.5 Å². The molecule has 0 aliphatic carbocycles. The Bertz CT molecular complexity index is 1970. The number of methoxy groups -OCH3 is 2. The molecule has 0 spiro atoms. The van der Waals surface area contributed by atoms with E-state index in [0.717, 1.165) is 0 Å². The molecular formula is C32H20N2O8. The van der Waals surface area contributed by atoms with Crippen molar-refractivity contribution in [3.63, 3.8) is 0 Å². The van der Waals surface area contributed by atoms with Crippen LogP contribution in [0, 0.1) is 20.2 Å². The van der Waals surface area contributed by atoms with E-state index >= 15 is 0 Å². The number of rotatable bonds is 6. The number of benzene rings is 6. The van der Waals surface area contributed by atoms with Gasteiger partial charge in [-0.05, 0) is 66.7 Å². The maximum Gasteiger partial charge on any atom is 0.338 e. The van der Waals surface area contributed by atoms with E-state index in [0.29, 0.717) is 54.6 Å². The summed E-state index contributed by atoms with van der Waals surface area (Å²) in [7, 11) is 2.53. The van der Waals surface area contributed by atoms with E-state index in [2.05, 4.69) is 0 Å². The molecule has 0 amide bonds. The Labute approximate surface area is 237 Å². The van der Waals surface area contributed by atoms with Gasteiger partial charge in [-0.3, -0.25) is 20.2 Å². The maximum absolute atomic E-state index is 13.1. The summed E-state index contributed by atoms with van der Waals surface area (Å²) in [6, 6.07) is 22.6. The van der Waals surface area contributed by atoms with E-state index in [9.17, 15) is 29.8 Å². The highest BCUT2D eigenvalue weighted by molar-refractivity contribution is 6.32. The smallest absolute Gasteiger partial charge is 0.338 e. The van der Waals surface area contributed by atoms with Gasteiger partial charge in [0, 0.05) is 24.3 Å². The topological polar surface area (TPSA) is 139 Å². The fourth-order valence-corrected chi connectivity index (χ4v) is 5.60. The van der Waals surface area contributed by atoms with Crippen molar-refractivity contribution in [2.24, 2.45) is 0 Å². The average molecular weight is 561 g/mol. The van der Waals surface area contributed by atoms with Crippen molar-refractivity contribution >= 4 is 55.6 Å². The second-order valence-corrected chi connectivity index (χ2v) is 9.61. The van der Waals surface area contributed by atoms with Gasteiger partial charge in [0.15, 0.2) is 0 Å². The Kier molecular flexibility index (Phi) is 6.23. The summed E-state index contributed by atoms with van der Waals surface area (Å²) in [6.45, 7) is 0. The number of hydrogen-bond acceptors (Lipinski definition) is 8. The number of nitro benzene ring substituents is 2. The Balaban J connectivity index is 1.81. The van der Waals surface area contributed by atoms with Crippen molar-refractivity contribution in [3.05, 3.63) is 116 Å². The van der Waals surface area contributed by atoms with E-state index < -0.39 is 21.8 Å². The van der Waals surface area contributed by atoms with Crippen LogP contribution in [-0.2, 0) is 9.47 Å². The van der Waals surface area contributed by atoms with Crippen molar-refractivity contribution in [2.75, 3.05) is 14.2 Å². The first-order valence-corrected chi connectivity index (χ1v) is 12.7. The van der Waals surface area contributed by atoms with Gasteiger partial charge in [0.1, 0.15) is 0 Å². The Morgan fingerprint density at radius 3 is 1.31 bits per heavy atom. The van der Waals surface area contributed by atoms with Crippen LogP contribution in [0.3, 0.4) is 0 Å². The summed E-state index contributed by atoms with van der Waals surface area (Å²) in [5.41, 5.74) is 2.39. The molecule has 206 valence electrons. The number of esters is 2. The molecule has 0 fully saturated rings. The third kappa shape index (κ3) is 4.05. The molecule has 42 heavy (non-hydrogen) atoms. The molecule has 10 heteroatoms. The predicted molar refractivity (Wildman–Crippen MR) is 157 cm³/mol. The number of nitrogens with zero attached hydrogens (tertiary/aromatic N) is 2. The van der Waals surface area contributed by atoms with Gasteiger partial charge in [-0.25, -0.2) is 9.59 Å². The lowest BCUT2D eigenvalue weighted by Gasteiger charge is -2.20. The molecule has 0 radical (unpaired) electrons. The highest BCUT2D eigenvalue weighted by Crippen LogP contribution is 2.45. The summed E-state index contributed by atoms with van der Waals surface area (Å²) in [5.74, 6) is -1.21. The van der Waals surface area contributed by atoms with Gasteiger partial charge in [-0.2, -0.15) is 0 Å². The van der Waals surface area contributed by atoms with Crippen LogP contribution in [0.5, 0.6) is 0 Å². The van der Waals surface area contributed by atoms with Gasteiger partial charge in [-0.15, -0.1) is 0 Å². The zero-order valence-corrected chi connectivity index (χ0v) is 22.2. The lowest BCUT2D eigenvalue weighted by molar-refractivity contribution is -0.385. The molecule has 0 aliphatic rings. The third-order valence-electron chi connectivity index (χ3n) is 7.45. The van der Waals surface area contributed by atoms with Crippen LogP contribution in [0.1, 0.15) is 20.7 Å². The van der Waals surface area contributed by atoms with Crippen LogP contribution >= 0.6 is 0 Å². The Morgan fingerprint density at radius 1 is 0.571 bits per heavy atom. The van der Waals surface area contributed by atoms with Crippen molar-refractivity contribution in [1.29, 1.82) is 0 Å². The van der Waals surface area contributed by atoms with Crippen molar-refractivity contribution < 1.29 is 28.9 Å². The van der Waals surface area contributed by atoms with Gasteiger partial charge < -0.3 is 9.47 Å². The molecule has 0 heterocycles. The highest BCUT2D eigenvalue weighted by Gasteiger charge is 2.24. The molecule has 0 unspecified atom stereocenters. The summed E-state index contributed by atoms with van der Waals surface area (Å²) >= 11 is 0. The maximum atomic E-state index is 13.1. The second kappa shape index (κ2) is 9.93. The third-order valence-corrected chi connectivity index (χ3v) is 7.45. The van der Waals surface area contributed by atoms with Crippen LogP contribution in [0.4, 0.5) is 11.4 Å². The number of ether oxygens (including phenoxy) is 2. The van der Waals surface area contributed by atoms with Gasteiger partial charge in [0.2, 0.25) is 0 Å². The fourth-order valence-electron chi connectivity index (χ4n) is 5.60. The number of carbonyl (C=O) groups is 2. The van der Waals surface area contributed by atoms with Gasteiger partial charge in [0.25, 0.3) is 11.4 Å². The molecule has 6 aromatic carbocycles. The highest BCUT2D eigenvalue weighted by atomic mass is 16.6. The monoisotopic (exact) mass is 560 g/mol. The second-order valence-electron chi connectivity index (χ2n) is 9.61. The van der Waals surface area contributed by atoms with Crippen molar-refractivity contribution in [2.45, 2.75) is 0 Å². The van der Waals surface area contributed by atoms with E-state index in [-0.39, 0.29) is 22.5 Å². The summed E-state index contributed by atoms with van der Waals surface area (Å²) in [5, 5.41) is 26.8. The average Bonchev–Trinajstić information content (AvgIpc) is 3.02. The Morgan fingerprint density at radius 2 is 0.952 bits per heavy atom. The first kappa shape index (κ1) is 26.3. The fraction of sp³-hybridized carbons (Fsp3) is 0.0625. The van der Waals surface area contributed by atoms with Crippen molar-refractivity contribution in [3.8, 4) is 22.3 Å². The van der Waals surface area contributed by atoms with Crippen LogP contribution in [0.15, 0.2) is 84.9 Å². The minimum atomic E-state index is -0.605. The van der Waals surface area contributed by atoms with Gasteiger partial charge in [0.05, 0.1) is 35.2 Å². The summed E-state index contributed by atoms with van der Waals surface area (Å²) < 4.78 is 10.2. The van der Waals surface area contributed by atoms with Gasteiger partial charge >= 0.3 is 11.9 Å². The zero-order valence-electron chi connectivity index (χ0n) is 22.2. The zero-order chi connectivity index (χ0) is 29.7. The molecule has 0 aliphatic heterocycles. The first-order valence-electron chi connectivity index (χ1n) is 12.7. The minimum absolute atomic E-state index is 0.112. The van der Waals surface area contributed by atoms with Crippen LogP contribution < -0.4 is 0 Å². The standard InChI is InChI=1S/C32H20N2O8/c1-41-31(35)27-15-25(17-5-3-7-19(13-17)33(37)38)21-9-10-22-26(18-6-4-8-20(14-18)34(39)40)16-28(32(36)42-2)24-12-11-23(27)29(21)30(22)24/h3-16H,1-2H3. The number of carbonyl (C=O) groups excluding carboxylic acids is 2. The first-order chi connectivity index (χ1) is 20.2. The van der Waals surface area contributed by atoms with Crippen LogP contribution in [0.25, 0.3) is 54.6 Å². The SMILES string of the molecule is COC(=O)c1cc(-c2cccc([N+](=O)[O-])c2)c2ccc3c(-c4cccc([N+](=O)[O-])c4)cc(C(=O)OC)c4ccc1c2c43. The molecule has 0 saturated heterocycles. The molecule has 0 saturated carbocycles. The summed E-state index contributed by atoms with van der Waals surface area (Å²) in [6.07, 6.45) is 0. The molecule has 0 aromatic heterocycles. The molecule has 10 nitrogen and oxygen atoms in total. The van der Waals surface area contributed by atoms with Crippen LogP contribution in [0.2, 0.25) is 0 Å². The van der Waals surface area contributed by atoms with Crippen molar-refractivity contribution in [1.82, 2.24) is 0 Å². The molecule has 0 N–H and O–H groups in total.